The monoisotopic (exact) mass is 318 g/mol. The summed E-state index contributed by atoms with van der Waals surface area (Å²) in [5.74, 6) is -1.09. The number of rotatable bonds is 8. The van der Waals surface area contributed by atoms with Gasteiger partial charge in [-0.15, -0.1) is 11.8 Å². The van der Waals surface area contributed by atoms with E-state index in [2.05, 4.69) is 5.32 Å². The molecular weight excluding hydrogens is 296 g/mol. The molecule has 0 bridgehead atoms. The highest BCUT2D eigenvalue weighted by atomic mass is 32.2. The number of carbonyl (C=O) groups excluding carboxylic acids is 2. The molecule has 1 heterocycles. The van der Waals surface area contributed by atoms with Crippen LogP contribution >= 0.6 is 11.8 Å². The Hall–Kier alpha value is -1.28. The molecule has 1 aliphatic rings. The van der Waals surface area contributed by atoms with Crippen LogP contribution in [-0.2, 0) is 19.1 Å². The maximum Gasteiger partial charge on any atom is 0.326 e. The maximum absolute atomic E-state index is 11.8. The Balaban J connectivity index is 2.22. The second kappa shape index (κ2) is 9.62. The summed E-state index contributed by atoms with van der Waals surface area (Å²) < 4.78 is 5.16. The molecule has 8 heteroatoms. The van der Waals surface area contributed by atoms with E-state index >= 15 is 0 Å². The normalized spacial score (nSPS) is 16.3. The summed E-state index contributed by atoms with van der Waals surface area (Å²) in [4.78, 5) is 36.1. The average Bonchev–Trinajstić information content (AvgIpc) is 2.47. The van der Waals surface area contributed by atoms with Crippen LogP contribution in [0.25, 0.3) is 0 Å². The van der Waals surface area contributed by atoms with Gasteiger partial charge >= 0.3 is 5.97 Å². The van der Waals surface area contributed by atoms with Crippen LogP contribution < -0.4 is 5.32 Å². The molecule has 0 aromatic heterocycles. The van der Waals surface area contributed by atoms with Crippen molar-refractivity contribution in [2.45, 2.75) is 25.8 Å². The molecule has 1 fully saturated rings. The molecule has 0 aromatic carbocycles. The van der Waals surface area contributed by atoms with Crippen LogP contribution in [0.5, 0.6) is 0 Å². The first-order chi connectivity index (χ1) is 10.0. The molecule has 7 nitrogen and oxygen atoms in total. The second-order valence-electron chi connectivity index (χ2n) is 4.73. The SMILES string of the molecule is CCCC(NC(=O)CSCC(=O)N1CCOCC1)C(=O)O. The number of morpholine rings is 1. The van der Waals surface area contributed by atoms with Gasteiger partial charge in [-0.3, -0.25) is 9.59 Å². The molecule has 0 saturated carbocycles. The summed E-state index contributed by atoms with van der Waals surface area (Å²) in [5.41, 5.74) is 0. The van der Waals surface area contributed by atoms with E-state index in [1.165, 1.54) is 11.8 Å². The van der Waals surface area contributed by atoms with Crippen molar-refractivity contribution in [3.8, 4) is 0 Å². The van der Waals surface area contributed by atoms with Crippen LogP contribution in [0.15, 0.2) is 0 Å². The van der Waals surface area contributed by atoms with Crippen molar-refractivity contribution >= 4 is 29.5 Å². The number of amides is 2. The molecule has 0 aromatic rings. The molecule has 1 saturated heterocycles. The van der Waals surface area contributed by atoms with Gasteiger partial charge < -0.3 is 20.1 Å². The van der Waals surface area contributed by atoms with Gasteiger partial charge in [0.2, 0.25) is 11.8 Å². The van der Waals surface area contributed by atoms with Crippen molar-refractivity contribution in [2.75, 3.05) is 37.8 Å². The number of nitrogens with zero attached hydrogens (tertiary/aromatic N) is 1. The lowest BCUT2D eigenvalue weighted by atomic mass is 10.2. The van der Waals surface area contributed by atoms with E-state index in [0.717, 1.165) is 0 Å². The van der Waals surface area contributed by atoms with E-state index < -0.39 is 12.0 Å². The summed E-state index contributed by atoms with van der Waals surface area (Å²) >= 11 is 1.20. The van der Waals surface area contributed by atoms with Crippen LogP contribution in [0, 0.1) is 0 Å². The van der Waals surface area contributed by atoms with Gasteiger partial charge in [0.25, 0.3) is 0 Å². The van der Waals surface area contributed by atoms with Gasteiger partial charge in [-0.1, -0.05) is 13.3 Å². The standard InChI is InChI=1S/C13H22N2O5S/c1-2-3-10(13(18)19)14-11(16)8-21-9-12(17)15-4-6-20-7-5-15/h10H,2-9H2,1H3,(H,14,16)(H,18,19). The van der Waals surface area contributed by atoms with Crippen LogP contribution in [-0.4, -0.2) is 71.6 Å². The molecule has 0 radical (unpaired) electrons. The fourth-order valence-corrected chi connectivity index (χ4v) is 2.65. The number of aliphatic carboxylic acids is 1. The topological polar surface area (TPSA) is 95.9 Å². The van der Waals surface area contributed by atoms with Gasteiger partial charge in [-0.2, -0.15) is 0 Å². The molecular formula is C13H22N2O5S. The molecule has 1 atom stereocenters. The fourth-order valence-electron chi connectivity index (χ4n) is 1.92. The van der Waals surface area contributed by atoms with Gasteiger partial charge in [0.05, 0.1) is 24.7 Å². The Bertz CT molecular complexity index is 372. The van der Waals surface area contributed by atoms with E-state index in [1.54, 1.807) is 4.90 Å². The van der Waals surface area contributed by atoms with Crippen molar-refractivity contribution in [1.29, 1.82) is 0 Å². The number of hydrogen-bond acceptors (Lipinski definition) is 5. The lowest BCUT2D eigenvalue weighted by Gasteiger charge is -2.26. The lowest BCUT2D eigenvalue weighted by molar-refractivity contribution is -0.141. The second-order valence-corrected chi connectivity index (χ2v) is 5.72. The van der Waals surface area contributed by atoms with Gasteiger partial charge in [0.1, 0.15) is 6.04 Å². The summed E-state index contributed by atoms with van der Waals surface area (Å²) in [7, 11) is 0. The lowest BCUT2D eigenvalue weighted by Crippen LogP contribution is -2.43. The van der Waals surface area contributed by atoms with Crippen molar-refractivity contribution in [2.24, 2.45) is 0 Å². The Kier molecular flexibility index (Phi) is 8.14. The fraction of sp³-hybridized carbons (Fsp3) is 0.769. The largest absolute Gasteiger partial charge is 0.480 e. The summed E-state index contributed by atoms with van der Waals surface area (Å²) in [6.45, 7) is 4.13. The van der Waals surface area contributed by atoms with Crippen molar-refractivity contribution in [3.63, 3.8) is 0 Å². The number of ether oxygens (including phenoxy) is 1. The molecule has 0 spiro atoms. The minimum atomic E-state index is -1.03. The smallest absolute Gasteiger partial charge is 0.326 e. The quantitative estimate of drug-likeness (QED) is 0.651. The Morgan fingerprint density at radius 1 is 1.29 bits per heavy atom. The summed E-state index contributed by atoms with van der Waals surface area (Å²) in [6, 6.07) is -0.849. The molecule has 1 aliphatic heterocycles. The number of thioether (sulfide) groups is 1. The molecule has 2 N–H and O–H groups in total. The van der Waals surface area contributed by atoms with Gasteiger partial charge in [-0.25, -0.2) is 4.79 Å². The minimum Gasteiger partial charge on any atom is -0.480 e. The number of carbonyl (C=O) groups is 3. The number of carboxylic acid groups (broad SMARTS) is 1. The number of carboxylic acids is 1. The highest BCUT2D eigenvalue weighted by Crippen LogP contribution is 2.06. The molecule has 1 rings (SSSR count). The predicted octanol–water partition coefficient (Wildman–Crippen LogP) is -0.0521. The van der Waals surface area contributed by atoms with Gasteiger partial charge in [0, 0.05) is 13.1 Å². The molecule has 1 unspecified atom stereocenters. The predicted molar refractivity (Wildman–Crippen MR) is 79.2 cm³/mol. The van der Waals surface area contributed by atoms with E-state index in [1.807, 2.05) is 6.92 Å². The minimum absolute atomic E-state index is 0.0144. The Morgan fingerprint density at radius 3 is 2.52 bits per heavy atom. The zero-order valence-electron chi connectivity index (χ0n) is 12.2. The van der Waals surface area contributed by atoms with Crippen molar-refractivity contribution in [3.05, 3.63) is 0 Å². The van der Waals surface area contributed by atoms with Crippen LogP contribution in [0.3, 0.4) is 0 Å². The first-order valence-corrected chi connectivity index (χ1v) is 8.15. The van der Waals surface area contributed by atoms with Crippen LogP contribution in [0.4, 0.5) is 0 Å². The number of nitrogens with one attached hydrogen (secondary N) is 1. The first kappa shape index (κ1) is 17.8. The van der Waals surface area contributed by atoms with Crippen molar-refractivity contribution < 1.29 is 24.2 Å². The third-order valence-corrected chi connectivity index (χ3v) is 3.95. The zero-order chi connectivity index (χ0) is 15.7. The summed E-state index contributed by atoms with van der Waals surface area (Å²) in [6.07, 6.45) is 1.08. The molecule has 2 amide bonds. The zero-order valence-corrected chi connectivity index (χ0v) is 13.0. The average molecular weight is 318 g/mol. The molecule has 21 heavy (non-hydrogen) atoms. The van der Waals surface area contributed by atoms with Gasteiger partial charge in [0.15, 0.2) is 0 Å². The van der Waals surface area contributed by atoms with E-state index in [0.29, 0.717) is 39.1 Å². The highest BCUT2D eigenvalue weighted by Gasteiger charge is 2.20. The van der Waals surface area contributed by atoms with E-state index in [4.69, 9.17) is 9.84 Å². The van der Waals surface area contributed by atoms with Crippen molar-refractivity contribution in [1.82, 2.24) is 10.2 Å². The van der Waals surface area contributed by atoms with Gasteiger partial charge in [-0.05, 0) is 6.42 Å². The summed E-state index contributed by atoms with van der Waals surface area (Å²) in [5, 5.41) is 11.4. The van der Waals surface area contributed by atoms with E-state index in [-0.39, 0.29) is 23.3 Å². The molecule has 0 aliphatic carbocycles. The maximum atomic E-state index is 11.8. The Morgan fingerprint density at radius 2 is 1.95 bits per heavy atom. The highest BCUT2D eigenvalue weighted by molar-refractivity contribution is 8.00. The van der Waals surface area contributed by atoms with E-state index in [9.17, 15) is 14.4 Å². The van der Waals surface area contributed by atoms with Crippen LogP contribution in [0.1, 0.15) is 19.8 Å². The van der Waals surface area contributed by atoms with Crippen LogP contribution in [0.2, 0.25) is 0 Å². The third kappa shape index (κ3) is 6.81. The number of hydrogen-bond donors (Lipinski definition) is 2. The molecule has 120 valence electrons. The first-order valence-electron chi connectivity index (χ1n) is 7.00. The third-order valence-electron chi connectivity index (χ3n) is 3.03. The Labute approximate surface area is 128 Å².